The van der Waals surface area contributed by atoms with Crippen LogP contribution in [0.4, 0.5) is 0 Å². The Labute approximate surface area is 163 Å². The van der Waals surface area contributed by atoms with Crippen molar-refractivity contribution in [3.05, 3.63) is 0 Å². The Balaban J connectivity index is 1.23. The van der Waals surface area contributed by atoms with Gasteiger partial charge >= 0.3 is 0 Å². The number of amides is 2. The zero-order valence-electron chi connectivity index (χ0n) is 16.6. The fourth-order valence-electron chi connectivity index (χ4n) is 5.47. The lowest BCUT2D eigenvalue weighted by Gasteiger charge is -2.47. The predicted octanol–water partition coefficient (Wildman–Crippen LogP) is 2.97. The van der Waals surface area contributed by atoms with Crippen LogP contribution in [0.25, 0.3) is 0 Å². The zero-order valence-corrected chi connectivity index (χ0v) is 16.6. The molecule has 4 aliphatic carbocycles. The monoisotopic (exact) mass is 373 g/mol. The van der Waals surface area contributed by atoms with Crippen molar-refractivity contribution in [1.82, 2.24) is 15.1 Å². The lowest BCUT2D eigenvalue weighted by atomic mass is 9.84. The van der Waals surface area contributed by atoms with Gasteiger partial charge < -0.3 is 9.80 Å². The Morgan fingerprint density at radius 1 is 0.519 bits per heavy atom. The van der Waals surface area contributed by atoms with E-state index in [9.17, 15) is 9.59 Å². The molecule has 5 rings (SSSR count). The fourth-order valence-corrected chi connectivity index (χ4v) is 5.47. The molecule has 0 unspecified atom stereocenters. The number of hydrogen-bond acceptors (Lipinski definition) is 3. The third-order valence-electron chi connectivity index (χ3n) is 8.12. The Morgan fingerprint density at radius 2 is 0.815 bits per heavy atom. The molecule has 5 aliphatic rings. The lowest BCUT2D eigenvalue weighted by molar-refractivity contribution is -0.144. The van der Waals surface area contributed by atoms with Gasteiger partial charge in [0.2, 0.25) is 11.8 Å². The SMILES string of the molecule is O=C([C@@H]1CC[C@@H](C(=O)N(C2CCC2)C2CCC2)N1)N(C1CCC1)C1CCC1. The molecule has 150 valence electrons. The predicted molar refractivity (Wildman–Crippen MR) is 104 cm³/mol. The molecule has 0 aromatic heterocycles. The first kappa shape index (κ1) is 18.0. The summed E-state index contributed by atoms with van der Waals surface area (Å²) < 4.78 is 0. The maximum atomic E-state index is 13.3. The van der Waals surface area contributed by atoms with Gasteiger partial charge in [0, 0.05) is 24.2 Å². The van der Waals surface area contributed by atoms with Crippen molar-refractivity contribution in [2.75, 3.05) is 0 Å². The minimum Gasteiger partial charge on any atom is -0.335 e. The van der Waals surface area contributed by atoms with Crippen LogP contribution in [0.15, 0.2) is 0 Å². The highest BCUT2D eigenvalue weighted by molar-refractivity contribution is 5.87. The van der Waals surface area contributed by atoms with Gasteiger partial charge in [-0.15, -0.1) is 0 Å². The molecule has 27 heavy (non-hydrogen) atoms. The van der Waals surface area contributed by atoms with Crippen molar-refractivity contribution in [3.8, 4) is 0 Å². The number of nitrogens with one attached hydrogen (secondary N) is 1. The summed E-state index contributed by atoms with van der Waals surface area (Å²) in [4.78, 5) is 31.0. The number of nitrogens with zero attached hydrogens (tertiary/aromatic N) is 2. The molecule has 2 atom stereocenters. The van der Waals surface area contributed by atoms with Gasteiger partial charge in [0.05, 0.1) is 12.1 Å². The van der Waals surface area contributed by atoms with E-state index < -0.39 is 0 Å². The van der Waals surface area contributed by atoms with E-state index in [1.54, 1.807) is 0 Å². The van der Waals surface area contributed by atoms with Crippen LogP contribution in [0, 0.1) is 0 Å². The highest BCUT2D eigenvalue weighted by atomic mass is 16.2. The van der Waals surface area contributed by atoms with E-state index in [1.807, 2.05) is 0 Å². The Morgan fingerprint density at radius 3 is 1.04 bits per heavy atom. The molecule has 1 aliphatic heterocycles. The second-order valence-electron chi connectivity index (χ2n) is 9.68. The molecular weight excluding hydrogens is 338 g/mol. The van der Waals surface area contributed by atoms with Gasteiger partial charge in [-0.1, -0.05) is 0 Å². The average molecular weight is 374 g/mol. The number of carbonyl (C=O) groups is 2. The average Bonchev–Trinajstić information content (AvgIpc) is 2.95. The quantitative estimate of drug-likeness (QED) is 0.779. The zero-order chi connectivity index (χ0) is 18.4. The van der Waals surface area contributed by atoms with Crippen LogP contribution in [0.1, 0.15) is 89.9 Å². The van der Waals surface area contributed by atoms with Crippen LogP contribution in [0.3, 0.4) is 0 Å². The maximum Gasteiger partial charge on any atom is 0.240 e. The molecule has 4 saturated carbocycles. The van der Waals surface area contributed by atoms with Crippen molar-refractivity contribution in [1.29, 1.82) is 0 Å². The number of rotatable bonds is 6. The molecule has 1 saturated heterocycles. The molecule has 0 aromatic carbocycles. The van der Waals surface area contributed by atoms with Gasteiger partial charge in [0.15, 0.2) is 0 Å². The summed E-state index contributed by atoms with van der Waals surface area (Å²) in [6.45, 7) is 0. The minimum atomic E-state index is -0.134. The summed E-state index contributed by atoms with van der Waals surface area (Å²) in [5.74, 6) is 0.581. The molecule has 1 heterocycles. The van der Waals surface area contributed by atoms with Crippen molar-refractivity contribution < 1.29 is 9.59 Å². The van der Waals surface area contributed by atoms with E-state index in [4.69, 9.17) is 0 Å². The summed E-state index contributed by atoms with van der Waals surface area (Å²) in [5.41, 5.74) is 0. The standard InChI is InChI=1S/C22H35N3O2/c26-21(24(15-5-1-6-15)16-7-2-8-16)19-13-14-20(23-19)22(27)25(17-9-3-10-17)18-11-4-12-18/h15-20,23H,1-14H2/t19-,20-/m0/s1. The van der Waals surface area contributed by atoms with Crippen molar-refractivity contribution in [2.24, 2.45) is 0 Å². The number of carbonyl (C=O) groups excluding carboxylic acids is 2. The van der Waals surface area contributed by atoms with Gasteiger partial charge in [-0.25, -0.2) is 0 Å². The van der Waals surface area contributed by atoms with E-state index >= 15 is 0 Å². The summed E-state index contributed by atoms with van der Waals surface area (Å²) in [7, 11) is 0. The topological polar surface area (TPSA) is 52.7 Å². The molecule has 5 nitrogen and oxygen atoms in total. The molecule has 0 aromatic rings. The van der Waals surface area contributed by atoms with Gasteiger partial charge in [-0.05, 0) is 89.9 Å². The van der Waals surface area contributed by atoms with E-state index in [0.29, 0.717) is 36.0 Å². The molecule has 5 heteroatoms. The van der Waals surface area contributed by atoms with E-state index in [1.165, 1.54) is 77.0 Å². The summed E-state index contributed by atoms with van der Waals surface area (Å²) in [6.07, 6.45) is 16.1. The fraction of sp³-hybridized carbons (Fsp3) is 0.909. The Bertz CT molecular complexity index is 500. The van der Waals surface area contributed by atoms with Crippen molar-refractivity contribution in [3.63, 3.8) is 0 Å². The van der Waals surface area contributed by atoms with E-state index in [-0.39, 0.29) is 12.1 Å². The number of hydrogen-bond donors (Lipinski definition) is 1. The van der Waals surface area contributed by atoms with Crippen LogP contribution in [-0.4, -0.2) is 57.9 Å². The molecular formula is C22H35N3O2. The van der Waals surface area contributed by atoms with Crippen LogP contribution < -0.4 is 5.32 Å². The smallest absolute Gasteiger partial charge is 0.240 e. The molecule has 0 spiro atoms. The molecule has 0 radical (unpaired) electrons. The minimum absolute atomic E-state index is 0.134. The molecule has 1 N–H and O–H groups in total. The van der Waals surface area contributed by atoms with Crippen LogP contribution >= 0.6 is 0 Å². The van der Waals surface area contributed by atoms with Gasteiger partial charge in [-0.2, -0.15) is 0 Å². The summed E-state index contributed by atoms with van der Waals surface area (Å²) in [6, 6.07) is 1.62. The largest absolute Gasteiger partial charge is 0.335 e. The molecule has 5 fully saturated rings. The van der Waals surface area contributed by atoms with Crippen molar-refractivity contribution >= 4 is 11.8 Å². The highest BCUT2D eigenvalue weighted by Gasteiger charge is 2.45. The molecule has 2 amide bonds. The summed E-state index contributed by atoms with van der Waals surface area (Å²) in [5, 5.41) is 3.48. The normalized spacial score (nSPS) is 32.1. The van der Waals surface area contributed by atoms with Gasteiger partial charge in [-0.3, -0.25) is 14.9 Å². The third kappa shape index (κ3) is 3.20. The first-order chi connectivity index (χ1) is 13.2. The second kappa shape index (κ2) is 7.38. The maximum absolute atomic E-state index is 13.3. The Kier molecular flexibility index (Phi) is 4.91. The first-order valence-corrected chi connectivity index (χ1v) is 11.6. The third-order valence-corrected chi connectivity index (χ3v) is 8.12. The van der Waals surface area contributed by atoms with Crippen molar-refractivity contribution in [2.45, 2.75) is 126 Å². The summed E-state index contributed by atoms with van der Waals surface area (Å²) >= 11 is 0. The van der Waals surface area contributed by atoms with Gasteiger partial charge in [0.1, 0.15) is 0 Å². The lowest BCUT2D eigenvalue weighted by Crippen LogP contribution is -2.60. The van der Waals surface area contributed by atoms with E-state index in [2.05, 4.69) is 15.1 Å². The van der Waals surface area contributed by atoms with E-state index in [0.717, 1.165) is 12.8 Å². The van der Waals surface area contributed by atoms with Gasteiger partial charge in [0.25, 0.3) is 0 Å². The van der Waals surface area contributed by atoms with Crippen LogP contribution in [0.2, 0.25) is 0 Å². The first-order valence-electron chi connectivity index (χ1n) is 11.6. The van der Waals surface area contributed by atoms with Crippen LogP contribution in [-0.2, 0) is 9.59 Å². The van der Waals surface area contributed by atoms with Crippen LogP contribution in [0.5, 0.6) is 0 Å². The Hall–Kier alpha value is -1.10. The second-order valence-corrected chi connectivity index (χ2v) is 9.68. The highest BCUT2D eigenvalue weighted by Crippen LogP contribution is 2.37. The molecule has 0 bridgehead atoms.